The molecule has 1 heterocycles. The van der Waals surface area contributed by atoms with Crippen LogP contribution in [0.2, 0.25) is 0 Å². The number of hydrogen-bond acceptors (Lipinski definition) is 2. The molecule has 2 rings (SSSR count). The molecule has 2 heteroatoms. The Morgan fingerprint density at radius 1 is 1.32 bits per heavy atom. The van der Waals surface area contributed by atoms with Crippen molar-refractivity contribution >= 4 is 11.3 Å². The molecular weight excluding hydrogens is 250 g/mol. The molecule has 0 aromatic carbocycles. The molecule has 1 aromatic rings. The zero-order chi connectivity index (χ0) is 13.3. The van der Waals surface area contributed by atoms with E-state index in [2.05, 4.69) is 29.1 Å². The minimum absolute atomic E-state index is 0.737. The van der Waals surface area contributed by atoms with Crippen LogP contribution >= 0.6 is 11.3 Å². The Bertz CT molecular complexity index is 314. The van der Waals surface area contributed by atoms with Gasteiger partial charge < -0.3 is 5.32 Å². The van der Waals surface area contributed by atoms with E-state index in [9.17, 15) is 0 Å². The van der Waals surface area contributed by atoms with E-state index in [1.165, 1.54) is 69.9 Å². The maximum absolute atomic E-state index is 3.76. The zero-order valence-electron chi connectivity index (χ0n) is 12.4. The lowest BCUT2D eigenvalue weighted by atomic mass is 9.95. The topological polar surface area (TPSA) is 12.0 Å². The molecule has 19 heavy (non-hydrogen) atoms. The van der Waals surface area contributed by atoms with Crippen molar-refractivity contribution in [1.29, 1.82) is 0 Å². The summed E-state index contributed by atoms with van der Waals surface area (Å²) in [5.41, 5.74) is 1.52. The molecule has 108 valence electrons. The van der Waals surface area contributed by atoms with Gasteiger partial charge >= 0.3 is 0 Å². The first-order valence-corrected chi connectivity index (χ1v) is 9.07. The van der Waals surface area contributed by atoms with Gasteiger partial charge in [-0.3, -0.25) is 0 Å². The van der Waals surface area contributed by atoms with Gasteiger partial charge in [0.25, 0.3) is 0 Å². The molecule has 1 aromatic heterocycles. The van der Waals surface area contributed by atoms with Gasteiger partial charge in [0.05, 0.1) is 0 Å². The molecule has 1 N–H and O–H groups in total. The molecule has 0 spiro atoms. The summed E-state index contributed by atoms with van der Waals surface area (Å²) in [7, 11) is 0. The summed E-state index contributed by atoms with van der Waals surface area (Å²) in [5, 5.41) is 8.26. The van der Waals surface area contributed by atoms with Gasteiger partial charge in [0.2, 0.25) is 0 Å². The third-order valence-electron chi connectivity index (χ3n) is 4.44. The van der Waals surface area contributed by atoms with Crippen molar-refractivity contribution in [3.63, 3.8) is 0 Å². The molecule has 0 amide bonds. The second-order valence-corrected chi connectivity index (χ2v) is 6.83. The van der Waals surface area contributed by atoms with E-state index in [0.717, 1.165) is 12.0 Å². The summed E-state index contributed by atoms with van der Waals surface area (Å²) in [6, 6.07) is 3.01. The van der Waals surface area contributed by atoms with E-state index in [-0.39, 0.29) is 0 Å². The Morgan fingerprint density at radius 3 is 2.84 bits per heavy atom. The molecule has 1 aliphatic carbocycles. The van der Waals surface area contributed by atoms with Crippen molar-refractivity contribution in [3.8, 4) is 0 Å². The van der Waals surface area contributed by atoms with E-state index >= 15 is 0 Å². The first-order chi connectivity index (χ1) is 9.38. The Labute approximate surface area is 122 Å². The van der Waals surface area contributed by atoms with Crippen molar-refractivity contribution < 1.29 is 0 Å². The van der Waals surface area contributed by atoms with Crippen LogP contribution in [-0.4, -0.2) is 12.6 Å². The minimum atomic E-state index is 0.737. The van der Waals surface area contributed by atoms with Crippen molar-refractivity contribution in [2.45, 2.75) is 70.8 Å². The second kappa shape index (κ2) is 8.76. The Kier molecular flexibility index (Phi) is 6.94. The Balaban J connectivity index is 1.70. The Hall–Kier alpha value is -0.340. The van der Waals surface area contributed by atoms with E-state index in [1.807, 2.05) is 11.3 Å². The van der Waals surface area contributed by atoms with Gasteiger partial charge in [-0.1, -0.05) is 32.6 Å². The molecule has 0 aliphatic heterocycles. The lowest BCUT2D eigenvalue weighted by molar-refractivity contribution is 0.389. The van der Waals surface area contributed by atoms with Crippen LogP contribution in [0.5, 0.6) is 0 Å². The van der Waals surface area contributed by atoms with Crippen LogP contribution < -0.4 is 5.32 Å². The van der Waals surface area contributed by atoms with Gasteiger partial charge in [-0.25, -0.2) is 0 Å². The van der Waals surface area contributed by atoms with E-state index in [0.29, 0.717) is 0 Å². The van der Waals surface area contributed by atoms with Gasteiger partial charge in [-0.05, 0) is 67.0 Å². The lowest BCUT2D eigenvalue weighted by Gasteiger charge is -2.20. The number of aryl methyl sites for hydroxylation is 1. The third-order valence-corrected chi connectivity index (χ3v) is 5.17. The van der Waals surface area contributed by atoms with Crippen LogP contribution in [0.4, 0.5) is 0 Å². The second-order valence-electron chi connectivity index (χ2n) is 6.05. The summed E-state index contributed by atoms with van der Waals surface area (Å²) in [4.78, 5) is 0. The van der Waals surface area contributed by atoms with Crippen molar-refractivity contribution in [1.82, 2.24) is 5.32 Å². The summed E-state index contributed by atoms with van der Waals surface area (Å²) in [6.07, 6.45) is 12.6. The smallest absolute Gasteiger partial charge is 0.00703 e. The highest BCUT2D eigenvalue weighted by Gasteiger charge is 2.17. The molecule has 1 fully saturated rings. The van der Waals surface area contributed by atoms with Crippen molar-refractivity contribution in [2.75, 3.05) is 6.54 Å². The normalized spacial score (nSPS) is 17.9. The van der Waals surface area contributed by atoms with Crippen LogP contribution in [-0.2, 0) is 6.42 Å². The molecule has 0 bridgehead atoms. The average Bonchev–Trinajstić information content (AvgIpc) is 3.11. The maximum atomic E-state index is 3.76. The molecular formula is C17H29NS. The summed E-state index contributed by atoms with van der Waals surface area (Å²) >= 11 is 1.82. The highest BCUT2D eigenvalue weighted by Crippen LogP contribution is 2.29. The highest BCUT2D eigenvalue weighted by atomic mass is 32.1. The quantitative estimate of drug-likeness (QED) is 0.669. The minimum Gasteiger partial charge on any atom is -0.314 e. The third kappa shape index (κ3) is 5.66. The molecule has 0 saturated heterocycles. The first-order valence-electron chi connectivity index (χ1n) is 8.13. The predicted molar refractivity (Wildman–Crippen MR) is 85.9 cm³/mol. The summed E-state index contributed by atoms with van der Waals surface area (Å²) in [5.74, 6) is 1.03. The van der Waals surface area contributed by atoms with Crippen LogP contribution in [0.1, 0.15) is 63.9 Å². The molecule has 1 atom stereocenters. The van der Waals surface area contributed by atoms with Gasteiger partial charge in [0.1, 0.15) is 0 Å². The Morgan fingerprint density at radius 2 is 2.16 bits per heavy atom. The van der Waals surface area contributed by atoms with Gasteiger partial charge in [0, 0.05) is 6.04 Å². The van der Waals surface area contributed by atoms with Gasteiger partial charge in [0.15, 0.2) is 0 Å². The fraction of sp³-hybridized carbons (Fsp3) is 0.765. The highest BCUT2D eigenvalue weighted by molar-refractivity contribution is 7.07. The van der Waals surface area contributed by atoms with Crippen LogP contribution in [0.15, 0.2) is 16.8 Å². The first kappa shape index (κ1) is 15.1. The largest absolute Gasteiger partial charge is 0.314 e. The van der Waals surface area contributed by atoms with Crippen molar-refractivity contribution in [2.24, 2.45) is 5.92 Å². The monoisotopic (exact) mass is 279 g/mol. The number of nitrogens with one attached hydrogen (secondary N) is 1. The predicted octanol–water partition coefficient (Wildman–Crippen LogP) is 5.02. The van der Waals surface area contributed by atoms with Crippen molar-refractivity contribution in [3.05, 3.63) is 22.4 Å². The fourth-order valence-corrected chi connectivity index (χ4v) is 3.91. The molecule has 0 radical (unpaired) electrons. The average molecular weight is 279 g/mol. The van der Waals surface area contributed by atoms with Crippen LogP contribution in [0.25, 0.3) is 0 Å². The van der Waals surface area contributed by atoms with Gasteiger partial charge in [-0.2, -0.15) is 11.3 Å². The molecule has 1 saturated carbocycles. The number of hydrogen-bond donors (Lipinski definition) is 1. The lowest BCUT2D eigenvalue weighted by Crippen LogP contribution is -2.30. The van der Waals surface area contributed by atoms with Crippen LogP contribution in [0, 0.1) is 5.92 Å². The van der Waals surface area contributed by atoms with E-state index in [4.69, 9.17) is 0 Å². The fourth-order valence-electron chi connectivity index (χ4n) is 3.21. The van der Waals surface area contributed by atoms with Gasteiger partial charge in [-0.15, -0.1) is 0 Å². The number of thiophene rings is 1. The summed E-state index contributed by atoms with van der Waals surface area (Å²) < 4.78 is 0. The number of rotatable bonds is 9. The van der Waals surface area contributed by atoms with E-state index in [1.54, 1.807) is 0 Å². The van der Waals surface area contributed by atoms with Crippen LogP contribution in [0.3, 0.4) is 0 Å². The standard InChI is InChI=1S/C17H29NS/c1-2-12-18-17(9-7-15-5-3-4-6-15)10-8-16-11-13-19-14-16/h11,13-15,17-18H,2-10,12H2,1H3. The summed E-state index contributed by atoms with van der Waals surface area (Å²) in [6.45, 7) is 3.44. The molecule has 1 unspecified atom stereocenters. The van der Waals surface area contributed by atoms with E-state index < -0.39 is 0 Å². The molecule has 1 aliphatic rings. The SMILES string of the molecule is CCCNC(CCc1ccsc1)CCC1CCCC1. The maximum Gasteiger partial charge on any atom is 0.00703 e. The molecule has 1 nitrogen and oxygen atoms in total. The zero-order valence-corrected chi connectivity index (χ0v) is 13.2.